The van der Waals surface area contributed by atoms with Crippen LogP contribution in [0.4, 0.5) is 0 Å². The lowest BCUT2D eigenvalue weighted by Gasteiger charge is -2.42. The zero-order valence-electron chi connectivity index (χ0n) is 15.2. The molecule has 3 N–H and O–H groups in total. The van der Waals surface area contributed by atoms with E-state index in [-0.39, 0.29) is 17.0 Å². The quantitative estimate of drug-likeness (QED) is 0.724. The normalized spacial score (nSPS) is 19.2. The first-order valence-electron chi connectivity index (χ1n) is 8.70. The maximum Gasteiger partial charge on any atom is 0.119 e. The molecule has 3 nitrogen and oxygen atoms in total. The Balaban J connectivity index is 2.17. The predicted molar refractivity (Wildman–Crippen MR) is 97.6 cm³/mol. The molecule has 3 heteroatoms. The molecule has 1 saturated heterocycles. The highest BCUT2D eigenvalue weighted by Gasteiger charge is 2.38. The van der Waals surface area contributed by atoms with Crippen LogP contribution < -0.4 is 10.6 Å². The van der Waals surface area contributed by atoms with Crippen molar-refractivity contribution in [3.8, 4) is 5.75 Å². The highest BCUT2D eigenvalue weighted by Crippen LogP contribution is 2.45. The van der Waals surface area contributed by atoms with Gasteiger partial charge in [0.25, 0.3) is 0 Å². The number of hydrogen-bond donors (Lipinski definition) is 3. The molecule has 2 rings (SSSR count). The Morgan fingerprint density at radius 3 is 2.35 bits per heavy atom. The molecule has 0 amide bonds. The molecule has 0 aliphatic carbocycles. The summed E-state index contributed by atoms with van der Waals surface area (Å²) in [5.41, 5.74) is 0.919. The van der Waals surface area contributed by atoms with Crippen molar-refractivity contribution in [1.29, 1.82) is 0 Å². The summed E-state index contributed by atoms with van der Waals surface area (Å²) in [4.78, 5) is 0. The van der Waals surface area contributed by atoms with Gasteiger partial charge in [0, 0.05) is 0 Å². The zero-order chi connectivity index (χ0) is 17.1. The second-order valence-electron chi connectivity index (χ2n) is 7.88. The number of phenols is 1. The first-order chi connectivity index (χ1) is 10.7. The van der Waals surface area contributed by atoms with E-state index in [2.05, 4.69) is 57.4 Å². The minimum Gasteiger partial charge on any atom is -0.508 e. The summed E-state index contributed by atoms with van der Waals surface area (Å²) in [5, 5.41) is 17.2. The molecule has 0 aromatic heterocycles. The van der Waals surface area contributed by atoms with Crippen LogP contribution in [0.25, 0.3) is 0 Å². The molecule has 1 atom stereocenters. The topological polar surface area (TPSA) is 44.3 Å². The monoisotopic (exact) mass is 316 g/mol. The summed E-state index contributed by atoms with van der Waals surface area (Å²) < 4.78 is 0. The third-order valence-electron chi connectivity index (χ3n) is 5.60. The van der Waals surface area contributed by atoms with Crippen molar-refractivity contribution in [3.63, 3.8) is 0 Å². The average Bonchev–Trinajstić information content (AvgIpc) is 2.53. The van der Waals surface area contributed by atoms with Gasteiger partial charge in [0.15, 0.2) is 0 Å². The van der Waals surface area contributed by atoms with Gasteiger partial charge in [0.1, 0.15) is 5.75 Å². The van der Waals surface area contributed by atoms with Crippen LogP contribution in [0.15, 0.2) is 36.4 Å². The number of benzene rings is 1. The molecule has 0 radical (unpaired) electrons. The van der Waals surface area contributed by atoms with Crippen LogP contribution in [0.1, 0.15) is 46.6 Å². The van der Waals surface area contributed by atoms with Gasteiger partial charge in [0.2, 0.25) is 0 Å². The van der Waals surface area contributed by atoms with E-state index in [1.807, 2.05) is 18.2 Å². The largest absolute Gasteiger partial charge is 0.508 e. The second kappa shape index (κ2) is 7.06. The molecule has 1 fully saturated rings. The van der Waals surface area contributed by atoms with E-state index < -0.39 is 0 Å². The lowest BCUT2D eigenvalue weighted by atomic mass is 9.63. The maximum absolute atomic E-state index is 10.3. The van der Waals surface area contributed by atoms with Crippen LogP contribution in [0.5, 0.6) is 5.75 Å². The molecule has 1 aliphatic rings. The van der Waals surface area contributed by atoms with E-state index in [0.29, 0.717) is 11.7 Å². The zero-order valence-corrected chi connectivity index (χ0v) is 15.2. The number of nitrogens with one attached hydrogen (secondary N) is 2. The fraction of sp³-hybridized carbons (Fsp3) is 0.600. The fourth-order valence-electron chi connectivity index (χ4n) is 3.48. The van der Waals surface area contributed by atoms with Crippen molar-refractivity contribution in [2.75, 3.05) is 13.1 Å². The third-order valence-corrected chi connectivity index (χ3v) is 5.60. The van der Waals surface area contributed by atoms with Crippen LogP contribution in [0.2, 0.25) is 0 Å². The van der Waals surface area contributed by atoms with Gasteiger partial charge in [-0.05, 0) is 47.9 Å². The first-order valence-corrected chi connectivity index (χ1v) is 8.70. The van der Waals surface area contributed by atoms with Crippen LogP contribution in [-0.4, -0.2) is 24.4 Å². The molecule has 0 spiro atoms. The van der Waals surface area contributed by atoms with E-state index >= 15 is 0 Å². The Kier molecular flexibility index (Phi) is 5.53. The molecule has 1 heterocycles. The number of rotatable bonds is 5. The summed E-state index contributed by atoms with van der Waals surface area (Å²) in [7, 11) is 0. The van der Waals surface area contributed by atoms with Crippen molar-refractivity contribution in [3.05, 3.63) is 42.0 Å². The molecule has 23 heavy (non-hydrogen) atoms. The van der Waals surface area contributed by atoms with Gasteiger partial charge >= 0.3 is 0 Å². The Morgan fingerprint density at radius 2 is 1.74 bits per heavy atom. The van der Waals surface area contributed by atoms with Crippen molar-refractivity contribution in [1.82, 2.24) is 10.6 Å². The summed E-state index contributed by atoms with van der Waals surface area (Å²) in [6.07, 6.45) is 6.01. The lowest BCUT2D eigenvalue weighted by molar-refractivity contribution is 0.191. The van der Waals surface area contributed by atoms with Gasteiger partial charge in [-0.1, -0.05) is 65.0 Å². The molecule has 0 saturated carbocycles. The van der Waals surface area contributed by atoms with Crippen molar-refractivity contribution in [2.45, 2.75) is 52.6 Å². The summed E-state index contributed by atoms with van der Waals surface area (Å²) in [6.45, 7) is 13.4. The minimum atomic E-state index is -0.118. The summed E-state index contributed by atoms with van der Waals surface area (Å²) in [5.74, 6) is 0.753. The Hall–Kier alpha value is -1.32. The van der Waals surface area contributed by atoms with Crippen LogP contribution in [0, 0.1) is 11.3 Å². The van der Waals surface area contributed by atoms with Crippen molar-refractivity contribution >= 4 is 0 Å². The SMILES string of the molecule is CC(C(C)(C)/C=C/C1NCCCN1)C(C)(C)c1ccccc1O. The highest BCUT2D eigenvalue weighted by molar-refractivity contribution is 5.38. The number of para-hydroxylation sites is 1. The number of hydrogen-bond acceptors (Lipinski definition) is 3. The first kappa shape index (κ1) is 18.0. The summed E-state index contributed by atoms with van der Waals surface area (Å²) in [6, 6.07) is 7.70. The fourth-order valence-corrected chi connectivity index (χ4v) is 3.48. The molecular formula is C20H32N2O. The minimum absolute atomic E-state index is 0.0204. The molecule has 128 valence electrons. The summed E-state index contributed by atoms with van der Waals surface area (Å²) >= 11 is 0. The van der Waals surface area contributed by atoms with Gasteiger partial charge < -0.3 is 5.11 Å². The smallest absolute Gasteiger partial charge is 0.119 e. The highest BCUT2D eigenvalue weighted by atomic mass is 16.3. The Labute approximate surface area is 141 Å². The van der Waals surface area contributed by atoms with Gasteiger partial charge in [-0.2, -0.15) is 0 Å². The molecule has 1 unspecified atom stereocenters. The van der Waals surface area contributed by atoms with E-state index in [1.165, 1.54) is 6.42 Å². The standard InChI is InChI=1S/C20H32N2O/c1-15(20(4,5)16-9-6-7-10-17(16)23)19(2,3)12-11-18-21-13-8-14-22-18/h6-7,9-12,15,18,21-23H,8,13-14H2,1-5H3/b12-11+. The average molecular weight is 316 g/mol. The van der Waals surface area contributed by atoms with Crippen molar-refractivity contribution in [2.24, 2.45) is 11.3 Å². The van der Waals surface area contributed by atoms with Gasteiger partial charge in [-0.3, -0.25) is 10.6 Å². The number of phenolic OH excluding ortho intramolecular Hbond substituents is 1. The van der Waals surface area contributed by atoms with E-state index in [1.54, 1.807) is 6.07 Å². The van der Waals surface area contributed by atoms with Gasteiger partial charge in [0.05, 0.1) is 6.17 Å². The molecule has 1 aromatic carbocycles. The number of aromatic hydroxyl groups is 1. The lowest BCUT2D eigenvalue weighted by Crippen LogP contribution is -2.47. The van der Waals surface area contributed by atoms with Crippen LogP contribution >= 0.6 is 0 Å². The van der Waals surface area contributed by atoms with E-state index in [4.69, 9.17) is 0 Å². The maximum atomic E-state index is 10.3. The third kappa shape index (κ3) is 4.15. The predicted octanol–water partition coefficient (Wildman–Crippen LogP) is 3.80. The Bertz CT molecular complexity index is 542. The van der Waals surface area contributed by atoms with Crippen LogP contribution in [-0.2, 0) is 5.41 Å². The van der Waals surface area contributed by atoms with E-state index in [0.717, 1.165) is 18.7 Å². The number of allylic oxidation sites excluding steroid dienone is 1. The molecule has 1 aromatic rings. The molecule has 1 aliphatic heterocycles. The van der Waals surface area contributed by atoms with Gasteiger partial charge in [-0.15, -0.1) is 0 Å². The second-order valence-corrected chi connectivity index (χ2v) is 7.88. The van der Waals surface area contributed by atoms with Crippen molar-refractivity contribution < 1.29 is 5.11 Å². The molecule has 0 bridgehead atoms. The van der Waals surface area contributed by atoms with Crippen LogP contribution in [0.3, 0.4) is 0 Å². The van der Waals surface area contributed by atoms with E-state index in [9.17, 15) is 5.11 Å². The Morgan fingerprint density at radius 1 is 1.13 bits per heavy atom. The molecular weight excluding hydrogens is 284 g/mol. The van der Waals surface area contributed by atoms with Gasteiger partial charge in [-0.25, -0.2) is 0 Å².